The Morgan fingerprint density at radius 3 is 2.33 bits per heavy atom. The summed E-state index contributed by atoms with van der Waals surface area (Å²) >= 11 is 0. The molecule has 1 aromatic carbocycles. The Hall–Kier alpha value is -1.97. The largest absolute Gasteiger partial charge is 0.508 e. The average Bonchev–Trinajstić information content (AvgIpc) is 2.20. The summed E-state index contributed by atoms with van der Waals surface area (Å²) in [6.45, 7) is 0. The normalized spacial score (nSPS) is 10.3. The summed E-state index contributed by atoms with van der Waals surface area (Å²) in [5.74, 6) is -1.35. The van der Waals surface area contributed by atoms with Gasteiger partial charge in [0.05, 0.1) is 6.20 Å². The molecule has 76 valence electrons. The number of rotatable bonds is 1. The number of pyridine rings is 1. The Balaban J connectivity index is 2.49. The summed E-state index contributed by atoms with van der Waals surface area (Å²) in [5, 5.41) is 9.04. The van der Waals surface area contributed by atoms with Crippen LogP contribution in [0.15, 0.2) is 36.5 Å². The van der Waals surface area contributed by atoms with Crippen LogP contribution >= 0.6 is 0 Å². The van der Waals surface area contributed by atoms with E-state index in [1.807, 2.05) is 0 Å². The number of aromatic hydroxyl groups is 1. The van der Waals surface area contributed by atoms with E-state index in [0.717, 1.165) is 12.3 Å². The minimum Gasteiger partial charge on any atom is -0.508 e. The molecule has 1 heterocycles. The average molecular weight is 207 g/mol. The number of halogens is 2. The van der Waals surface area contributed by atoms with Crippen LogP contribution in [0.4, 0.5) is 8.78 Å². The highest BCUT2D eigenvalue weighted by molar-refractivity contribution is 5.60. The monoisotopic (exact) mass is 207 g/mol. The van der Waals surface area contributed by atoms with Crippen LogP contribution in [0.2, 0.25) is 0 Å². The van der Waals surface area contributed by atoms with E-state index in [-0.39, 0.29) is 11.4 Å². The molecule has 1 aromatic heterocycles. The molecule has 2 nitrogen and oxygen atoms in total. The summed E-state index contributed by atoms with van der Waals surface area (Å²) in [4.78, 5) is 3.65. The lowest BCUT2D eigenvalue weighted by atomic mass is 10.1. The van der Waals surface area contributed by atoms with Crippen LogP contribution in [0.1, 0.15) is 0 Å². The van der Waals surface area contributed by atoms with Crippen molar-refractivity contribution in [2.45, 2.75) is 0 Å². The summed E-state index contributed by atoms with van der Waals surface area (Å²) in [6, 6.07) is 6.63. The number of nitrogens with zero attached hydrogens (tertiary/aromatic N) is 1. The van der Waals surface area contributed by atoms with Crippen LogP contribution in [0.3, 0.4) is 0 Å². The second kappa shape index (κ2) is 3.65. The van der Waals surface area contributed by atoms with Gasteiger partial charge in [0.25, 0.3) is 0 Å². The van der Waals surface area contributed by atoms with Gasteiger partial charge >= 0.3 is 0 Å². The maximum Gasteiger partial charge on any atom is 0.152 e. The molecule has 0 saturated heterocycles. The van der Waals surface area contributed by atoms with Crippen LogP contribution in [0, 0.1) is 11.6 Å². The standard InChI is InChI=1S/C11H7F2NO/c12-8-5-10(13)11(14-6-8)7-1-3-9(15)4-2-7/h1-6,15H. The smallest absolute Gasteiger partial charge is 0.152 e. The van der Waals surface area contributed by atoms with Crippen molar-refractivity contribution in [3.05, 3.63) is 48.2 Å². The third-order valence-corrected chi connectivity index (χ3v) is 1.95. The molecule has 0 aliphatic heterocycles. The number of phenolic OH excluding ortho intramolecular Hbond substituents is 1. The minimum atomic E-state index is -0.722. The van der Waals surface area contributed by atoms with Gasteiger partial charge in [0.15, 0.2) is 5.82 Å². The Kier molecular flexibility index (Phi) is 2.33. The predicted octanol–water partition coefficient (Wildman–Crippen LogP) is 2.73. The molecule has 1 N–H and O–H groups in total. The molecule has 0 saturated carbocycles. The van der Waals surface area contributed by atoms with Gasteiger partial charge in [-0.05, 0) is 24.3 Å². The van der Waals surface area contributed by atoms with E-state index in [2.05, 4.69) is 4.98 Å². The molecule has 4 heteroatoms. The Labute approximate surface area is 84.8 Å². The van der Waals surface area contributed by atoms with Gasteiger partial charge in [-0.1, -0.05) is 0 Å². The van der Waals surface area contributed by atoms with Crippen molar-refractivity contribution in [1.82, 2.24) is 4.98 Å². The van der Waals surface area contributed by atoms with E-state index in [4.69, 9.17) is 5.11 Å². The first-order valence-corrected chi connectivity index (χ1v) is 4.27. The minimum absolute atomic E-state index is 0.0661. The first kappa shape index (κ1) is 9.58. The van der Waals surface area contributed by atoms with Crippen molar-refractivity contribution in [2.75, 3.05) is 0 Å². The zero-order chi connectivity index (χ0) is 10.8. The number of hydrogen-bond acceptors (Lipinski definition) is 2. The van der Waals surface area contributed by atoms with E-state index in [9.17, 15) is 8.78 Å². The number of hydrogen-bond donors (Lipinski definition) is 1. The molecule has 2 aromatic rings. The topological polar surface area (TPSA) is 33.1 Å². The van der Waals surface area contributed by atoms with Gasteiger partial charge < -0.3 is 5.11 Å². The highest BCUT2D eigenvalue weighted by Crippen LogP contribution is 2.22. The molecule has 0 spiro atoms. The first-order valence-electron chi connectivity index (χ1n) is 4.27. The fraction of sp³-hybridized carbons (Fsp3) is 0. The molecule has 0 atom stereocenters. The van der Waals surface area contributed by atoms with Gasteiger partial charge in [0, 0.05) is 11.6 Å². The summed E-state index contributed by atoms with van der Waals surface area (Å²) in [5.41, 5.74) is 0.557. The molecule has 0 unspecified atom stereocenters. The highest BCUT2D eigenvalue weighted by atomic mass is 19.1. The SMILES string of the molecule is Oc1ccc(-c2ncc(F)cc2F)cc1. The van der Waals surface area contributed by atoms with E-state index in [1.54, 1.807) is 0 Å². The zero-order valence-corrected chi connectivity index (χ0v) is 7.61. The Bertz CT molecular complexity index is 482. The van der Waals surface area contributed by atoms with Gasteiger partial charge in [-0.3, -0.25) is 4.98 Å². The molecular formula is C11H7F2NO. The summed E-state index contributed by atoms with van der Waals surface area (Å²) in [6.07, 6.45) is 0.950. The van der Waals surface area contributed by atoms with Crippen LogP contribution in [0.25, 0.3) is 11.3 Å². The van der Waals surface area contributed by atoms with E-state index in [0.29, 0.717) is 5.56 Å². The highest BCUT2D eigenvalue weighted by Gasteiger charge is 2.07. The number of aromatic nitrogens is 1. The molecule has 0 fully saturated rings. The Morgan fingerprint density at radius 1 is 1.07 bits per heavy atom. The fourth-order valence-electron chi connectivity index (χ4n) is 1.25. The van der Waals surface area contributed by atoms with Crippen molar-refractivity contribution in [1.29, 1.82) is 0 Å². The van der Waals surface area contributed by atoms with E-state index < -0.39 is 11.6 Å². The Morgan fingerprint density at radius 2 is 1.73 bits per heavy atom. The van der Waals surface area contributed by atoms with Gasteiger partial charge in [0.1, 0.15) is 17.3 Å². The third kappa shape index (κ3) is 1.93. The lowest BCUT2D eigenvalue weighted by molar-refractivity contribution is 0.475. The second-order valence-corrected chi connectivity index (χ2v) is 3.03. The van der Waals surface area contributed by atoms with Crippen molar-refractivity contribution < 1.29 is 13.9 Å². The maximum atomic E-state index is 13.3. The van der Waals surface area contributed by atoms with Crippen molar-refractivity contribution in [3.63, 3.8) is 0 Å². The lowest BCUT2D eigenvalue weighted by Gasteiger charge is -2.02. The number of benzene rings is 1. The van der Waals surface area contributed by atoms with E-state index >= 15 is 0 Å². The maximum absolute atomic E-state index is 13.3. The second-order valence-electron chi connectivity index (χ2n) is 3.03. The summed E-state index contributed by atoms with van der Waals surface area (Å²) < 4.78 is 25.9. The van der Waals surface area contributed by atoms with Crippen molar-refractivity contribution in [3.8, 4) is 17.0 Å². The molecule has 0 bridgehead atoms. The van der Waals surface area contributed by atoms with Crippen molar-refractivity contribution in [2.24, 2.45) is 0 Å². The molecule has 0 aliphatic carbocycles. The van der Waals surface area contributed by atoms with Crippen LogP contribution in [-0.2, 0) is 0 Å². The quantitative estimate of drug-likeness (QED) is 0.779. The molecular weight excluding hydrogens is 200 g/mol. The molecule has 2 rings (SSSR count). The van der Waals surface area contributed by atoms with Crippen LogP contribution in [-0.4, -0.2) is 10.1 Å². The predicted molar refractivity (Wildman–Crippen MR) is 51.3 cm³/mol. The number of phenols is 1. The molecule has 0 radical (unpaired) electrons. The van der Waals surface area contributed by atoms with E-state index in [1.165, 1.54) is 24.3 Å². The van der Waals surface area contributed by atoms with Crippen molar-refractivity contribution >= 4 is 0 Å². The van der Waals surface area contributed by atoms with Gasteiger partial charge in [-0.2, -0.15) is 0 Å². The third-order valence-electron chi connectivity index (χ3n) is 1.95. The molecule has 15 heavy (non-hydrogen) atoms. The fourth-order valence-corrected chi connectivity index (χ4v) is 1.25. The van der Waals surface area contributed by atoms with Crippen LogP contribution in [0.5, 0.6) is 5.75 Å². The zero-order valence-electron chi connectivity index (χ0n) is 7.61. The van der Waals surface area contributed by atoms with Gasteiger partial charge in [-0.25, -0.2) is 8.78 Å². The molecule has 0 aliphatic rings. The van der Waals surface area contributed by atoms with Crippen LogP contribution < -0.4 is 0 Å². The molecule has 0 amide bonds. The van der Waals surface area contributed by atoms with Gasteiger partial charge in [-0.15, -0.1) is 0 Å². The first-order chi connectivity index (χ1) is 7.16. The van der Waals surface area contributed by atoms with Gasteiger partial charge in [0.2, 0.25) is 0 Å². The summed E-state index contributed by atoms with van der Waals surface area (Å²) in [7, 11) is 0. The lowest BCUT2D eigenvalue weighted by Crippen LogP contribution is -1.90.